The maximum atomic E-state index is 14.4. The Bertz CT molecular complexity index is 2250. The second-order valence-electron chi connectivity index (χ2n) is 14.5. The van der Waals surface area contributed by atoms with Crippen molar-refractivity contribution in [1.29, 1.82) is 0 Å². The van der Waals surface area contributed by atoms with Crippen LogP contribution in [0.5, 0.6) is 5.75 Å². The normalized spacial score (nSPS) is 15.7. The molecule has 52 heavy (non-hydrogen) atoms. The predicted octanol–water partition coefficient (Wildman–Crippen LogP) is 10.1. The number of carbonyl (C=O) groups excluding carboxylic acids is 4. The van der Waals surface area contributed by atoms with Crippen molar-refractivity contribution in [3.63, 3.8) is 0 Å². The van der Waals surface area contributed by atoms with Crippen molar-refractivity contribution in [3.8, 4) is 5.75 Å². The van der Waals surface area contributed by atoms with Crippen molar-refractivity contribution >= 4 is 82.6 Å². The molecule has 2 aliphatic heterocycles. The number of hydrogen-bond donors (Lipinski definition) is 0. The van der Waals surface area contributed by atoms with Gasteiger partial charge in [0, 0.05) is 73.7 Å². The largest absolute Gasteiger partial charge is 0.490 e. The number of benzene rings is 5. The summed E-state index contributed by atoms with van der Waals surface area (Å²) in [6.07, 6.45) is 7.89. The maximum Gasteiger partial charge on any atom is 0.261 e. The summed E-state index contributed by atoms with van der Waals surface area (Å²) in [4.78, 5) is 59.9. The third-order valence-corrected chi connectivity index (χ3v) is 12.1. The molecule has 5 aromatic carbocycles. The minimum Gasteiger partial charge on any atom is -0.490 e. The third kappa shape index (κ3) is 5.75. The SMILES string of the molecule is CCCCC(CC)CN1C(=O)c2ccc3c4c(OCCOC)cc5c6c(ccc(c7c(Br)cc(c2c37)C1=O)c64)C(=O)N(CC(CC)CCCC)C5=O. The van der Waals surface area contributed by atoms with E-state index in [0.29, 0.717) is 62.9 Å². The van der Waals surface area contributed by atoms with Gasteiger partial charge >= 0.3 is 0 Å². The fourth-order valence-corrected chi connectivity index (χ4v) is 9.15. The molecule has 0 saturated carbocycles. The maximum absolute atomic E-state index is 14.4. The molecule has 2 heterocycles. The van der Waals surface area contributed by atoms with Crippen LogP contribution in [0, 0.1) is 11.8 Å². The van der Waals surface area contributed by atoms with Crippen LogP contribution in [-0.4, -0.2) is 66.8 Å². The van der Waals surface area contributed by atoms with E-state index in [0.717, 1.165) is 83.7 Å². The van der Waals surface area contributed by atoms with Gasteiger partial charge < -0.3 is 9.47 Å². The molecule has 0 saturated heterocycles. The Morgan fingerprint density at radius 2 is 1.08 bits per heavy atom. The van der Waals surface area contributed by atoms with E-state index in [4.69, 9.17) is 9.47 Å². The molecule has 0 N–H and O–H groups in total. The summed E-state index contributed by atoms with van der Waals surface area (Å²) >= 11 is 3.85. The van der Waals surface area contributed by atoms with Gasteiger partial charge in [-0.3, -0.25) is 29.0 Å². The number of carbonyl (C=O) groups is 4. The van der Waals surface area contributed by atoms with E-state index in [1.807, 2.05) is 30.3 Å². The lowest BCUT2D eigenvalue weighted by atomic mass is 9.81. The van der Waals surface area contributed by atoms with Crippen LogP contribution in [0.25, 0.3) is 43.1 Å². The average Bonchev–Trinajstić information content (AvgIpc) is 3.15. The molecule has 4 amide bonds. The molecule has 7 rings (SSSR count). The summed E-state index contributed by atoms with van der Waals surface area (Å²) in [6, 6.07) is 11.2. The van der Waals surface area contributed by atoms with Crippen LogP contribution >= 0.6 is 15.9 Å². The van der Waals surface area contributed by atoms with Crippen molar-refractivity contribution < 1.29 is 28.7 Å². The van der Waals surface area contributed by atoms with Crippen LogP contribution < -0.4 is 4.74 Å². The number of halogens is 1. The van der Waals surface area contributed by atoms with Gasteiger partial charge in [-0.05, 0) is 59.7 Å². The van der Waals surface area contributed by atoms with Gasteiger partial charge in [-0.1, -0.05) is 94.3 Å². The number of methoxy groups -OCH3 is 1. The Labute approximate surface area is 313 Å². The Kier molecular flexibility index (Phi) is 10.3. The Morgan fingerprint density at radius 1 is 0.596 bits per heavy atom. The molecule has 0 spiro atoms. The molecule has 272 valence electrons. The number of rotatable bonds is 16. The minimum absolute atomic E-state index is 0.215. The molecular weight excluding hydrogens is 720 g/mol. The lowest BCUT2D eigenvalue weighted by Crippen LogP contribution is -2.43. The summed E-state index contributed by atoms with van der Waals surface area (Å²) in [5, 5.41) is 5.95. The zero-order chi connectivity index (χ0) is 36.8. The lowest BCUT2D eigenvalue weighted by molar-refractivity contribution is 0.0565. The molecule has 0 aliphatic carbocycles. The van der Waals surface area contributed by atoms with Crippen molar-refractivity contribution in [2.24, 2.45) is 11.8 Å². The molecule has 0 fully saturated rings. The van der Waals surface area contributed by atoms with Crippen LogP contribution in [0.4, 0.5) is 0 Å². The fraction of sp³-hybridized carbons (Fsp3) is 0.442. The molecule has 0 bridgehead atoms. The lowest BCUT2D eigenvalue weighted by Gasteiger charge is -2.33. The van der Waals surface area contributed by atoms with E-state index >= 15 is 0 Å². The van der Waals surface area contributed by atoms with Crippen molar-refractivity contribution in [1.82, 2.24) is 9.80 Å². The van der Waals surface area contributed by atoms with Gasteiger partial charge in [0.05, 0.1) is 12.2 Å². The van der Waals surface area contributed by atoms with Crippen LogP contribution in [0.15, 0.2) is 40.9 Å². The molecular formula is C43H47BrN2O6. The predicted molar refractivity (Wildman–Crippen MR) is 210 cm³/mol. The zero-order valence-corrected chi connectivity index (χ0v) is 32.4. The van der Waals surface area contributed by atoms with Gasteiger partial charge in [0.2, 0.25) is 0 Å². The van der Waals surface area contributed by atoms with E-state index in [2.05, 4.69) is 43.6 Å². The second kappa shape index (κ2) is 14.7. The van der Waals surface area contributed by atoms with E-state index in [-0.39, 0.29) is 42.1 Å². The van der Waals surface area contributed by atoms with Gasteiger partial charge in [0.1, 0.15) is 12.4 Å². The summed E-state index contributed by atoms with van der Waals surface area (Å²) in [5.41, 5.74) is 1.91. The number of fused-ring (bicyclic) bond motifs is 2. The molecule has 0 aromatic heterocycles. The van der Waals surface area contributed by atoms with Crippen LogP contribution in [0.2, 0.25) is 0 Å². The van der Waals surface area contributed by atoms with E-state index < -0.39 is 0 Å². The number of ether oxygens (including phenoxy) is 2. The molecule has 5 aromatic rings. The minimum atomic E-state index is -0.316. The summed E-state index contributed by atoms with van der Waals surface area (Å²) in [7, 11) is 1.61. The first-order valence-corrected chi connectivity index (χ1v) is 19.8. The summed E-state index contributed by atoms with van der Waals surface area (Å²) < 4.78 is 12.5. The second-order valence-corrected chi connectivity index (χ2v) is 15.4. The third-order valence-electron chi connectivity index (χ3n) is 11.4. The van der Waals surface area contributed by atoms with E-state index in [1.54, 1.807) is 13.2 Å². The fourth-order valence-electron chi connectivity index (χ4n) is 8.51. The highest BCUT2D eigenvalue weighted by atomic mass is 79.9. The first kappa shape index (κ1) is 36.3. The Morgan fingerprint density at radius 3 is 1.58 bits per heavy atom. The number of hydrogen-bond acceptors (Lipinski definition) is 6. The quantitative estimate of drug-likeness (QED) is 0.0430. The van der Waals surface area contributed by atoms with Crippen molar-refractivity contribution in [2.75, 3.05) is 33.4 Å². The van der Waals surface area contributed by atoms with Gasteiger partial charge in [-0.15, -0.1) is 0 Å². The molecule has 2 unspecified atom stereocenters. The standard InChI is InChI=1S/C43H47BrN2O6/c1-6-10-12-24(8-3)22-45-40(47)28-17-15-27-37-33(52-19-18-51-5)21-31-35-29(41(48)46(43(31)50)23-25(9-4)13-11-7-2)16-14-26(39(35)37)36-32(44)20-30(42(45)49)34(28)38(27)36/h14-17,20-21,24-25H,6-13,18-19,22-23H2,1-5H3. The van der Waals surface area contributed by atoms with E-state index in [9.17, 15) is 19.2 Å². The first-order chi connectivity index (χ1) is 25.2. The van der Waals surface area contributed by atoms with Gasteiger partial charge in [0.15, 0.2) is 0 Å². The highest BCUT2D eigenvalue weighted by molar-refractivity contribution is 9.10. The van der Waals surface area contributed by atoms with Crippen molar-refractivity contribution in [3.05, 3.63) is 63.1 Å². The van der Waals surface area contributed by atoms with Crippen molar-refractivity contribution in [2.45, 2.75) is 79.1 Å². The molecule has 9 heteroatoms. The van der Waals surface area contributed by atoms with Crippen LogP contribution in [0.3, 0.4) is 0 Å². The van der Waals surface area contributed by atoms with Gasteiger partial charge in [-0.2, -0.15) is 0 Å². The summed E-state index contributed by atoms with van der Waals surface area (Å²) in [6.45, 7) is 9.87. The Hall–Kier alpha value is -4.08. The highest BCUT2D eigenvalue weighted by Crippen LogP contribution is 2.51. The zero-order valence-electron chi connectivity index (χ0n) is 30.8. The monoisotopic (exact) mass is 766 g/mol. The smallest absolute Gasteiger partial charge is 0.261 e. The van der Waals surface area contributed by atoms with Crippen LogP contribution in [-0.2, 0) is 4.74 Å². The first-order valence-electron chi connectivity index (χ1n) is 19.0. The molecule has 0 radical (unpaired) electrons. The number of imide groups is 2. The van der Waals surface area contributed by atoms with Gasteiger partial charge in [-0.25, -0.2) is 0 Å². The number of amides is 4. The highest BCUT2D eigenvalue weighted by Gasteiger charge is 2.39. The van der Waals surface area contributed by atoms with Gasteiger partial charge in [0.25, 0.3) is 23.6 Å². The molecule has 8 nitrogen and oxygen atoms in total. The number of nitrogens with zero attached hydrogens (tertiary/aromatic N) is 2. The summed E-state index contributed by atoms with van der Waals surface area (Å²) in [5.74, 6) is -0.220. The number of unbranched alkanes of at least 4 members (excludes halogenated alkanes) is 2. The van der Waals surface area contributed by atoms with E-state index in [1.165, 1.54) is 9.80 Å². The molecule has 2 atom stereocenters. The average molecular weight is 768 g/mol. The van der Waals surface area contributed by atoms with Crippen LogP contribution in [0.1, 0.15) is 120 Å². The Balaban J connectivity index is 1.47. The molecule has 2 aliphatic rings. The topological polar surface area (TPSA) is 93.2 Å².